The quantitative estimate of drug-likeness (QED) is 0.473. The first-order valence-corrected chi connectivity index (χ1v) is 11.3. The number of methoxy groups -OCH3 is 2. The highest BCUT2D eigenvalue weighted by Gasteiger charge is 2.29. The zero-order chi connectivity index (χ0) is 24.9. The Morgan fingerprint density at radius 1 is 0.857 bits per heavy atom. The number of anilines is 2. The van der Waals surface area contributed by atoms with Crippen LogP contribution >= 0.6 is 11.8 Å². The van der Waals surface area contributed by atoms with Crippen LogP contribution in [0.5, 0.6) is 17.2 Å². The van der Waals surface area contributed by atoms with E-state index < -0.39 is 31.0 Å². The molecule has 0 atom stereocenters. The lowest BCUT2D eigenvalue weighted by Gasteiger charge is -2.30. The maximum Gasteiger partial charge on any atom is 0.338 e. The van der Waals surface area contributed by atoms with Crippen molar-refractivity contribution in [2.45, 2.75) is 9.79 Å². The molecule has 10 heteroatoms. The molecule has 2 N–H and O–H groups in total. The summed E-state index contributed by atoms with van der Waals surface area (Å²) in [5.41, 5.74) is 6.65. The molecule has 0 saturated carbocycles. The average molecular weight is 495 g/mol. The predicted octanol–water partition coefficient (Wildman–Crippen LogP) is 3.55. The number of para-hydroxylation sites is 2. The third-order valence-electron chi connectivity index (χ3n) is 5.06. The molecule has 1 aliphatic rings. The van der Waals surface area contributed by atoms with Crippen LogP contribution in [0, 0.1) is 0 Å². The second-order valence-corrected chi connectivity index (χ2v) is 8.39. The van der Waals surface area contributed by atoms with Crippen molar-refractivity contribution in [3.8, 4) is 17.2 Å². The van der Waals surface area contributed by atoms with Gasteiger partial charge in [0.1, 0.15) is 0 Å². The zero-order valence-electron chi connectivity index (χ0n) is 19.0. The monoisotopic (exact) mass is 494 g/mol. The molecule has 0 fully saturated rings. The number of carbonyl (C=O) groups excluding carboxylic acids is 3. The molecule has 0 bridgehead atoms. The van der Waals surface area contributed by atoms with E-state index >= 15 is 0 Å². The summed E-state index contributed by atoms with van der Waals surface area (Å²) in [7, 11) is 2.74. The molecular formula is C25H22N2O7S. The number of amides is 2. The maximum absolute atomic E-state index is 13.2. The minimum atomic E-state index is -0.760. The van der Waals surface area contributed by atoms with E-state index in [4.69, 9.17) is 24.7 Å². The molecule has 0 aliphatic carbocycles. The van der Waals surface area contributed by atoms with E-state index in [0.717, 1.165) is 21.2 Å². The number of hydrogen-bond acceptors (Lipinski definition) is 8. The van der Waals surface area contributed by atoms with Crippen LogP contribution in [0.2, 0.25) is 0 Å². The van der Waals surface area contributed by atoms with Crippen molar-refractivity contribution in [1.29, 1.82) is 0 Å². The van der Waals surface area contributed by atoms with Crippen LogP contribution in [0.3, 0.4) is 0 Å². The fourth-order valence-corrected chi connectivity index (χ4v) is 4.59. The number of esters is 1. The summed E-state index contributed by atoms with van der Waals surface area (Å²) in [6, 6.07) is 17.8. The molecule has 4 rings (SSSR count). The van der Waals surface area contributed by atoms with Gasteiger partial charge in [-0.3, -0.25) is 14.5 Å². The first-order chi connectivity index (χ1) is 16.9. The lowest BCUT2D eigenvalue weighted by molar-refractivity contribution is -0.121. The fourth-order valence-electron chi connectivity index (χ4n) is 3.53. The molecule has 2 amide bonds. The van der Waals surface area contributed by atoms with E-state index in [2.05, 4.69) is 0 Å². The largest absolute Gasteiger partial charge is 0.493 e. The van der Waals surface area contributed by atoms with Crippen molar-refractivity contribution in [3.05, 3.63) is 66.2 Å². The van der Waals surface area contributed by atoms with E-state index in [-0.39, 0.29) is 22.8 Å². The van der Waals surface area contributed by atoms with E-state index in [1.807, 2.05) is 48.5 Å². The topological polar surface area (TPSA) is 117 Å². The Kier molecular flexibility index (Phi) is 7.11. The minimum absolute atomic E-state index is 0.0768. The normalized spacial score (nSPS) is 11.7. The third kappa shape index (κ3) is 5.02. The molecule has 0 spiro atoms. The highest BCUT2D eigenvalue weighted by Crippen LogP contribution is 2.47. The smallest absolute Gasteiger partial charge is 0.338 e. The first-order valence-electron chi connectivity index (χ1n) is 10.5. The van der Waals surface area contributed by atoms with Gasteiger partial charge in [-0.2, -0.15) is 0 Å². The molecule has 9 nitrogen and oxygen atoms in total. The van der Waals surface area contributed by atoms with Gasteiger partial charge in [-0.1, -0.05) is 36.0 Å². The lowest BCUT2D eigenvalue weighted by atomic mass is 10.2. The molecule has 1 aliphatic heterocycles. The van der Waals surface area contributed by atoms with Gasteiger partial charge >= 0.3 is 5.97 Å². The molecule has 0 aromatic heterocycles. The number of rotatable bonds is 8. The number of hydrogen-bond donors (Lipinski definition) is 1. The highest BCUT2D eigenvalue weighted by atomic mass is 32.2. The summed E-state index contributed by atoms with van der Waals surface area (Å²) in [6.07, 6.45) is 0. The fraction of sp³-hybridized carbons (Fsp3) is 0.160. The number of carbonyl (C=O) groups is 3. The SMILES string of the molecule is COc1cc(C(=O)OCC(=O)N2c3ccccc3Sc3ccccc32)cc(OC)c1OCC(N)=O. The number of primary amides is 1. The Balaban J connectivity index is 1.54. The van der Waals surface area contributed by atoms with Gasteiger partial charge in [0, 0.05) is 9.79 Å². The summed E-state index contributed by atoms with van der Waals surface area (Å²) in [4.78, 5) is 40.5. The number of fused-ring (bicyclic) bond motifs is 2. The number of nitrogens with two attached hydrogens (primary N) is 1. The molecule has 3 aromatic carbocycles. The first kappa shape index (κ1) is 24.0. The van der Waals surface area contributed by atoms with Crippen LogP contribution < -0.4 is 24.8 Å². The summed E-state index contributed by atoms with van der Waals surface area (Å²) >= 11 is 1.57. The minimum Gasteiger partial charge on any atom is -0.493 e. The van der Waals surface area contributed by atoms with Crippen LogP contribution in [0.15, 0.2) is 70.5 Å². The Bertz CT molecular complexity index is 1220. The van der Waals surface area contributed by atoms with Gasteiger partial charge in [-0.25, -0.2) is 4.79 Å². The number of nitrogens with zero attached hydrogens (tertiary/aromatic N) is 1. The summed E-state index contributed by atoms with van der Waals surface area (Å²) < 4.78 is 21.2. The van der Waals surface area contributed by atoms with Crippen molar-refractivity contribution >= 4 is 40.9 Å². The van der Waals surface area contributed by atoms with Gasteiger partial charge in [0.05, 0.1) is 31.2 Å². The van der Waals surface area contributed by atoms with Gasteiger partial charge in [-0.15, -0.1) is 0 Å². The van der Waals surface area contributed by atoms with E-state index in [9.17, 15) is 14.4 Å². The summed E-state index contributed by atoms with van der Waals surface area (Å²) in [5.74, 6) is -1.46. The molecule has 0 saturated heterocycles. The zero-order valence-corrected chi connectivity index (χ0v) is 19.8. The predicted molar refractivity (Wildman–Crippen MR) is 129 cm³/mol. The van der Waals surface area contributed by atoms with Crippen molar-refractivity contribution in [2.24, 2.45) is 5.73 Å². The van der Waals surface area contributed by atoms with Gasteiger partial charge in [-0.05, 0) is 36.4 Å². The third-order valence-corrected chi connectivity index (χ3v) is 6.19. The van der Waals surface area contributed by atoms with Gasteiger partial charge in [0.2, 0.25) is 5.75 Å². The van der Waals surface area contributed by atoms with Crippen molar-refractivity contribution < 1.29 is 33.3 Å². The van der Waals surface area contributed by atoms with E-state index in [0.29, 0.717) is 0 Å². The van der Waals surface area contributed by atoms with Crippen molar-refractivity contribution in [1.82, 2.24) is 0 Å². The van der Waals surface area contributed by atoms with Crippen LogP contribution in [0.1, 0.15) is 10.4 Å². The summed E-state index contributed by atoms with van der Waals surface area (Å²) in [5, 5.41) is 0. The lowest BCUT2D eigenvalue weighted by Crippen LogP contribution is -2.32. The Hall–Kier alpha value is -4.18. The molecule has 1 heterocycles. The van der Waals surface area contributed by atoms with Crippen molar-refractivity contribution in [3.63, 3.8) is 0 Å². The molecule has 0 radical (unpaired) electrons. The Labute approximate surface area is 205 Å². The van der Waals surface area contributed by atoms with E-state index in [1.165, 1.54) is 26.4 Å². The standard InChI is InChI=1S/C25H22N2O7S/c1-31-18-11-15(12-19(32-2)24(18)33-13-22(26)28)25(30)34-14-23(29)27-16-7-3-5-9-20(16)35-21-10-6-4-8-17(21)27/h3-12H,13-14H2,1-2H3,(H2,26,28). The van der Waals surface area contributed by atoms with Crippen LogP contribution in [-0.2, 0) is 14.3 Å². The molecule has 3 aromatic rings. The second-order valence-electron chi connectivity index (χ2n) is 7.31. The van der Waals surface area contributed by atoms with Crippen LogP contribution in [-0.4, -0.2) is 45.2 Å². The number of ether oxygens (including phenoxy) is 4. The van der Waals surface area contributed by atoms with Gasteiger partial charge in [0.15, 0.2) is 24.7 Å². The highest BCUT2D eigenvalue weighted by molar-refractivity contribution is 7.99. The Morgan fingerprint density at radius 2 is 1.40 bits per heavy atom. The van der Waals surface area contributed by atoms with Crippen LogP contribution in [0.4, 0.5) is 11.4 Å². The maximum atomic E-state index is 13.2. The van der Waals surface area contributed by atoms with E-state index in [1.54, 1.807) is 16.7 Å². The summed E-state index contributed by atoms with van der Waals surface area (Å²) in [6.45, 7) is -0.890. The molecular weight excluding hydrogens is 472 g/mol. The van der Waals surface area contributed by atoms with Gasteiger partial charge in [0.25, 0.3) is 11.8 Å². The van der Waals surface area contributed by atoms with Gasteiger partial charge < -0.3 is 24.7 Å². The number of benzene rings is 3. The molecule has 0 unspecified atom stereocenters. The molecule has 180 valence electrons. The Morgan fingerprint density at radius 3 is 1.91 bits per heavy atom. The second kappa shape index (κ2) is 10.4. The van der Waals surface area contributed by atoms with Crippen molar-refractivity contribution in [2.75, 3.05) is 32.3 Å². The average Bonchev–Trinajstić information content (AvgIpc) is 2.88. The van der Waals surface area contributed by atoms with Crippen LogP contribution in [0.25, 0.3) is 0 Å². The molecule has 35 heavy (non-hydrogen) atoms.